The third kappa shape index (κ3) is 1.39. The zero-order valence-electron chi connectivity index (χ0n) is 15.4. The van der Waals surface area contributed by atoms with Crippen LogP contribution < -0.4 is 0 Å². The SMILES string of the molecule is CC1=CC(=O)[C@@H](O)[C@]2(C)[C@H]3[C@]4(O)OC[C@@]35[C@@H](C[C@@H]12)OC(=O)[C@H](O)[C@]51O[C@@H]1[C@H]4O. The second-order valence-corrected chi connectivity index (χ2v) is 9.47. The number of carbonyl (C=O) groups is 2. The molecule has 2 spiro atoms. The Morgan fingerprint density at radius 3 is 2.61 bits per heavy atom. The van der Waals surface area contributed by atoms with Gasteiger partial charge < -0.3 is 34.6 Å². The minimum Gasteiger partial charge on any atom is -0.460 e. The number of carbonyl (C=O) groups excluding carboxylic acids is 2. The van der Waals surface area contributed by atoms with E-state index in [1.165, 1.54) is 6.08 Å². The van der Waals surface area contributed by atoms with E-state index in [4.69, 9.17) is 14.2 Å². The molecule has 9 nitrogen and oxygen atoms in total. The van der Waals surface area contributed by atoms with Crippen molar-refractivity contribution in [2.45, 2.75) is 62.2 Å². The van der Waals surface area contributed by atoms with Gasteiger partial charge in [0.1, 0.15) is 30.0 Å². The average molecular weight is 394 g/mol. The number of esters is 1. The number of ether oxygens (including phenoxy) is 3. The number of fused-ring (bicyclic) bond motifs is 1. The lowest BCUT2D eigenvalue weighted by atomic mass is 9.39. The first-order valence-electron chi connectivity index (χ1n) is 9.57. The maximum Gasteiger partial charge on any atom is 0.338 e. The van der Waals surface area contributed by atoms with Gasteiger partial charge in [-0.25, -0.2) is 4.79 Å². The number of aliphatic hydroxyl groups excluding tert-OH is 3. The second kappa shape index (κ2) is 4.53. The van der Waals surface area contributed by atoms with Crippen molar-refractivity contribution in [1.29, 1.82) is 0 Å². The first-order chi connectivity index (χ1) is 13.1. The molecular formula is C19H22O9. The molecule has 0 amide bonds. The number of allylic oxidation sites excluding steroid dienone is 1. The highest BCUT2D eigenvalue weighted by molar-refractivity contribution is 5.96. The first-order valence-corrected chi connectivity index (χ1v) is 9.57. The molecule has 0 aromatic rings. The van der Waals surface area contributed by atoms with Gasteiger partial charge in [0.05, 0.1) is 12.0 Å². The summed E-state index contributed by atoms with van der Waals surface area (Å²) in [6, 6.07) is 0. The molecule has 0 unspecified atom stereocenters. The van der Waals surface area contributed by atoms with Crippen LogP contribution in [0.3, 0.4) is 0 Å². The lowest BCUT2D eigenvalue weighted by Gasteiger charge is -2.65. The Morgan fingerprint density at radius 1 is 1.18 bits per heavy atom. The van der Waals surface area contributed by atoms with E-state index in [1.807, 2.05) is 0 Å². The van der Waals surface area contributed by atoms with E-state index < -0.39 is 70.4 Å². The molecule has 6 aliphatic rings. The van der Waals surface area contributed by atoms with E-state index in [-0.39, 0.29) is 12.5 Å². The van der Waals surface area contributed by atoms with Crippen LogP contribution in [0.4, 0.5) is 0 Å². The van der Waals surface area contributed by atoms with Gasteiger partial charge in [0.15, 0.2) is 17.7 Å². The number of aliphatic hydroxyl groups is 4. The van der Waals surface area contributed by atoms with E-state index >= 15 is 0 Å². The quantitative estimate of drug-likeness (QED) is 0.271. The van der Waals surface area contributed by atoms with Crippen LogP contribution in [-0.2, 0) is 23.8 Å². The predicted octanol–water partition coefficient (Wildman–Crippen LogP) is -1.98. The summed E-state index contributed by atoms with van der Waals surface area (Å²) < 4.78 is 17.1. The van der Waals surface area contributed by atoms with Gasteiger partial charge in [0.2, 0.25) is 0 Å². The summed E-state index contributed by atoms with van der Waals surface area (Å²) >= 11 is 0. The molecular weight excluding hydrogens is 372 g/mol. The van der Waals surface area contributed by atoms with Crippen molar-refractivity contribution in [2.24, 2.45) is 22.7 Å². The molecule has 0 aromatic carbocycles. The minimum absolute atomic E-state index is 0.122. The van der Waals surface area contributed by atoms with Crippen molar-refractivity contribution >= 4 is 11.8 Å². The first kappa shape index (κ1) is 17.5. The zero-order valence-corrected chi connectivity index (χ0v) is 15.4. The summed E-state index contributed by atoms with van der Waals surface area (Å²) in [5.74, 6) is -4.79. The van der Waals surface area contributed by atoms with Crippen LogP contribution in [0.25, 0.3) is 0 Å². The maximum atomic E-state index is 12.5. The fourth-order valence-corrected chi connectivity index (χ4v) is 7.59. The maximum absolute atomic E-state index is 12.5. The van der Waals surface area contributed by atoms with Gasteiger partial charge in [-0.05, 0) is 25.3 Å². The van der Waals surface area contributed by atoms with E-state index in [0.717, 1.165) is 0 Å². The summed E-state index contributed by atoms with van der Waals surface area (Å²) in [7, 11) is 0. The van der Waals surface area contributed by atoms with E-state index in [2.05, 4.69) is 0 Å². The number of hydrogen-bond acceptors (Lipinski definition) is 9. The van der Waals surface area contributed by atoms with Crippen LogP contribution in [0.1, 0.15) is 20.3 Å². The van der Waals surface area contributed by atoms with Crippen LogP contribution in [0, 0.1) is 22.7 Å². The molecule has 3 aliphatic heterocycles. The summed E-state index contributed by atoms with van der Waals surface area (Å²) in [5.41, 5.74) is -3.14. The Bertz CT molecular complexity index is 869. The van der Waals surface area contributed by atoms with Crippen molar-refractivity contribution in [3.05, 3.63) is 11.6 Å². The van der Waals surface area contributed by atoms with Crippen LogP contribution in [-0.4, -0.2) is 80.7 Å². The largest absolute Gasteiger partial charge is 0.460 e. The molecule has 4 N–H and O–H groups in total. The molecule has 2 bridgehead atoms. The Hall–Kier alpha value is -1.36. The zero-order chi connectivity index (χ0) is 20.0. The highest BCUT2D eigenvalue weighted by atomic mass is 16.7. The molecule has 6 rings (SSSR count). The molecule has 9 heteroatoms. The van der Waals surface area contributed by atoms with Crippen molar-refractivity contribution < 1.29 is 44.2 Å². The molecule has 3 heterocycles. The third-order valence-corrected chi connectivity index (χ3v) is 8.66. The molecule has 5 fully saturated rings. The number of ketones is 1. The van der Waals surface area contributed by atoms with Gasteiger partial charge in [0.25, 0.3) is 0 Å². The summed E-state index contributed by atoms with van der Waals surface area (Å²) in [4.78, 5) is 25.0. The smallest absolute Gasteiger partial charge is 0.338 e. The van der Waals surface area contributed by atoms with Crippen molar-refractivity contribution in [2.75, 3.05) is 6.61 Å². The van der Waals surface area contributed by atoms with Gasteiger partial charge >= 0.3 is 5.97 Å². The van der Waals surface area contributed by atoms with E-state index in [9.17, 15) is 30.0 Å². The molecule has 11 atom stereocenters. The predicted molar refractivity (Wildman–Crippen MR) is 87.3 cm³/mol. The minimum atomic E-state index is -2.10. The van der Waals surface area contributed by atoms with Crippen LogP contribution in [0.5, 0.6) is 0 Å². The molecule has 3 aliphatic carbocycles. The summed E-state index contributed by atoms with van der Waals surface area (Å²) in [5, 5.41) is 44.0. The molecule has 2 saturated carbocycles. The van der Waals surface area contributed by atoms with Crippen LogP contribution in [0.2, 0.25) is 0 Å². The molecule has 28 heavy (non-hydrogen) atoms. The number of hydrogen-bond donors (Lipinski definition) is 4. The summed E-state index contributed by atoms with van der Waals surface area (Å²) in [6.45, 7) is 3.34. The van der Waals surface area contributed by atoms with Crippen LogP contribution >= 0.6 is 0 Å². The standard InChI is InChI=1S/C19H22O9/c1-6-3-8(20)10(21)16(2)7(6)4-9-17-5-26-19(25,15(16)17)11(22)13-18(17,28-13)12(23)14(24)27-9/h3,7,9-13,15,21-23,25H,4-5H2,1-2H3/t7-,9+,10+,11+,12-,13+,15+,16+,17+,18+,19+/m0/s1. The number of rotatable bonds is 0. The van der Waals surface area contributed by atoms with Gasteiger partial charge in [-0.3, -0.25) is 4.79 Å². The molecule has 152 valence electrons. The topological polar surface area (TPSA) is 146 Å². The number of epoxide rings is 1. The Labute approximate surface area is 159 Å². The van der Waals surface area contributed by atoms with Gasteiger partial charge in [0, 0.05) is 11.3 Å². The Kier molecular flexibility index (Phi) is 2.83. The fourth-order valence-electron chi connectivity index (χ4n) is 7.59. The molecule has 0 radical (unpaired) electrons. The fraction of sp³-hybridized carbons (Fsp3) is 0.789. The lowest BCUT2D eigenvalue weighted by Crippen LogP contribution is -2.79. The van der Waals surface area contributed by atoms with Gasteiger partial charge in [-0.2, -0.15) is 0 Å². The second-order valence-electron chi connectivity index (χ2n) is 9.47. The van der Waals surface area contributed by atoms with Crippen molar-refractivity contribution in [3.63, 3.8) is 0 Å². The van der Waals surface area contributed by atoms with E-state index in [0.29, 0.717) is 12.0 Å². The molecule has 0 aromatic heterocycles. The molecule has 3 saturated heterocycles. The normalized spacial score (nSPS) is 63.6. The van der Waals surface area contributed by atoms with Crippen molar-refractivity contribution in [1.82, 2.24) is 0 Å². The van der Waals surface area contributed by atoms with E-state index in [1.54, 1.807) is 13.8 Å². The van der Waals surface area contributed by atoms with Crippen LogP contribution in [0.15, 0.2) is 11.6 Å². The summed E-state index contributed by atoms with van der Waals surface area (Å²) in [6.07, 6.45) is -4.69. The Morgan fingerprint density at radius 2 is 1.89 bits per heavy atom. The van der Waals surface area contributed by atoms with Gasteiger partial charge in [-0.1, -0.05) is 12.5 Å². The van der Waals surface area contributed by atoms with Gasteiger partial charge in [-0.15, -0.1) is 0 Å². The van der Waals surface area contributed by atoms with Crippen molar-refractivity contribution in [3.8, 4) is 0 Å². The average Bonchev–Trinajstić information content (AvgIpc) is 3.32. The highest BCUT2D eigenvalue weighted by Crippen LogP contribution is 2.78. The highest BCUT2D eigenvalue weighted by Gasteiger charge is 2.95. The lowest BCUT2D eigenvalue weighted by molar-refractivity contribution is -0.313. The third-order valence-electron chi connectivity index (χ3n) is 8.66. The Balaban J connectivity index is 1.65. The monoisotopic (exact) mass is 394 g/mol.